The molecule has 0 saturated carbocycles. The molecule has 0 aliphatic carbocycles. The second-order valence-electron chi connectivity index (χ2n) is 8.83. The molecule has 200 valence electrons. The molecular formula is C27H24FN5O6. The number of carboxylic acids is 1. The molecule has 39 heavy (non-hydrogen) atoms. The lowest BCUT2D eigenvalue weighted by Gasteiger charge is -2.26. The van der Waals surface area contributed by atoms with Gasteiger partial charge in [0.2, 0.25) is 0 Å². The van der Waals surface area contributed by atoms with E-state index in [1.54, 1.807) is 32.9 Å². The van der Waals surface area contributed by atoms with E-state index in [0.29, 0.717) is 14.9 Å². The van der Waals surface area contributed by atoms with Gasteiger partial charge in [-0.2, -0.15) is 4.68 Å². The Morgan fingerprint density at radius 2 is 1.72 bits per heavy atom. The number of carbonyl (C=O) groups excluding carboxylic acids is 2. The SMILES string of the molecule is Cc1ccc(N(C(=O)n2nnn(-c3c(F)cccc3C(=O)O)c2=O)C(C)C)cc1C(=O)OCc1ccccc1. The van der Waals surface area contributed by atoms with Crippen molar-refractivity contribution in [1.82, 2.24) is 19.8 Å². The van der Waals surface area contributed by atoms with Crippen LogP contribution in [0.2, 0.25) is 0 Å². The van der Waals surface area contributed by atoms with Gasteiger partial charge in [0.05, 0.1) is 11.1 Å². The zero-order chi connectivity index (χ0) is 28.3. The van der Waals surface area contributed by atoms with Crippen molar-refractivity contribution < 1.29 is 28.6 Å². The number of hydrogen-bond acceptors (Lipinski definition) is 7. The van der Waals surface area contributed by atoms with Gasteiger partial charge in [0.1, 0.15) is 18.1 Å². The number of para-hydroxylation sites is 1. The van der Waals surface area contributed by atoms with Gasteiger partial charge in [-0.25, -0.2) is 23.6 Å². The number of aromatic nitrogens is 4. The highest BCUT2D eigenvalue weighted by atomic mass is 19.1. The van der Waals surface area contributed by atoms with E-state index < -0.39 is 46.8 Å². The van der Waals surface area contributed by atoms with Crippen molar-refractivity contribution in [2.45, 2.75) is 33.4 Å². The van der Waals surface area contributed by atoms with E-state index >= 15 is 0 Å². The van der Waals surface area contributed by atoms with Gasteiger partial charge < -0.3 is 9.84 Å². The minimum absolute atomic E-state index is 0.0586. The number of aromatic carboxylic acids is 1. The van der Waals surface area contributed by atoms with Crippen LogP contribution in [-0.4, -0.2) is 48.9 Å². The molecule has 0 fully saturated rings. The molecule has 4 rings (SSSR count). The molecule has 4 aromatic rings. The minimum atomic E-state index is -1.49. The van der Waals surface area contributed by atoms with Crippen molar-refractivity contribution in [3.63, 3.8) is 0 Å². The normalized spacial score (nSPS) is 10.9. The number of carbonyl (C=O) groups is 3. The standard InChI is InChI=1S/C27H24FN5O6/c1-16(2)31(19-13-12-17(3)21(14-19)25(36)39-15-18-8-5-4-6-9-18)26(37)33-27(38)32(29-30-33)23-20(24(34)35)10-7-11-22(23)28/h4-14,16H,15H2,1-3H3,(H,34,35). The number of halogens is 1. The lowest BCUT2D eigenvalue weighted by molar-refractivity contribution is 0.0471. The fourth-order valence-corrected chi connectivity index (χ4v) is 3.92. The second kappa shape index (κ2) is 11.1. The summed E-state index contributed by atoms with van der Waals surface area (Å²) in [6, 6.07) is 15.6. The van der Waals surface area contributed by atoms with E-state index in [-0.39, 0.29) is 17.9 Å². The van der Waals surface area contributed by atoms with Crippen molar-refractivity contribution in [2.24, 2.45) is 0 Å². The van der Waals surface area contributed by atoms with Crippen LogP contribution in [0.25, 0.3) is 5.69 Å². The molecule has 0 spiro atoms. The molecule has 3 aromatic carbocycles. The molecule has 0 radical (unpaired) electrons. The average molecular weight is 534 g/mol. The summed E-state index contributed by atoms with van der Waals surface area (Å²) in [5, 5.41) is 16.5. The topological polar surface area (TPSA) is 137 Å². The van der Waals surface area contributed by atoms with Crippen LogP contribution in [0.15, 0.2) is 71.5 Å². The predicted molar refractivity (Wildman–Crippen MR) is 138 cm³/mol. The van der Waals surface area contributed by atoms with Gasteiger partial charge in [-0.1, -0.05) is 42.5 Å². The molecule has 0 saturated heterocycles. The zero-order valence-electron chi connectivity index (χ0n) is 21.2. The largest absolute Gasteiger partial charge is 0.478 e. The van der Waals surface area contributed by atoms with Crippen molar-refractivity contribution in [1.29, 1.82) is 0 Å². The Labute approximate surface area is 221 Å². The number of carboxylic acid groups (broad SMARTS) is 1. The van der Waals surface area contributed by atoms with Gasteiger partial charge in [-0.15, -0.1) is 4.68 Å². The molecule has 1 heterocycles. The summed E-state index contributed by atoms with van der Waals surface area (Å²) in [5.41, 5.74) is -0.452. The number of anilines is 1. The Balaban J connectivity index is 1.68. The first-order valence-corrected chi connectivity index (χ1v) is 11.8. The van der Waals surface area contributed by atoms with E-state index in [0.717, 1.165) is 17.7 Å². The Morgan fingerprint density at radius 3 is 2.38 bits per heavy atom. The maximum Gasteiger partial charge on any atom is 0.377 e. The van der Waals surface area contributed by atoms with Crippen LogP contribution in [0.5, 0.6) is 0 Å². The number of hydrogen-bond donors (Lipinski definition) is 1. The molecule has 0 atom stereocenters. The fourth-order valence-electron chi connectivity index (χ4n) is 3.92. The third-order valence-corrected chi connectivity index (χ3v) is 5.85. The molecule has 11 nitrogen and oxygen atoms in total. The molecule has 0 aliphatic heterocycles. The number of esters is 1. The number of ether oxygens (including phenoxy) is 1. The van der Waals surface area contributed by atoms with E-state index in [1.165, 1.54) is 17.0 Å². The van der Waals surface area contributed by atoms with Crippen LogP contribution in [0, 0.1) is 12.7 Å². The van der Waals surface area contributed by atoms with E-state index in [4.69, 9.17) is 4.74 Å². The number of rotatable bonds is 7. The highest BCUT2D eigenvalue weighted by Gasteiger charge is 2.28. The van der Waals surface area contributed by atoms with Crippen LogP contribution >= 0.6 is 0 Å². The number of tetrazole rings is 1. The maximum absolute atomic E-state index is 14.5. The number of nitrogens with zero attached hydrogens (tertiary/aromatic N) is 5. The molecule has 12 heteroatoms. The van der Waals surface area contributed by atoms with Crippen molar-refractivity contribution >= 4 is 23.7 Å². The summed E-state index contributed by atoms with van der Waals surface area (Å²) < 4.78 is 20.8. The average Bonchev–Trinajstić information content (AvgIpc) is 3.29. The fraction of sp³-hybridized carbons (Fsp3) is 0.185. The van der Waals surface area contributed by atoms with Crippen molar-refractivity contribution in [3.8, 4) is 5.69 Å². The highest BCUT2D eigenvalue weighted by Crippen LogP contribution is 2.24. The molecule has 0 unspecified atom stereocenters. The van der Waals surface area contributed by atoms with Crippen molar-refractivity contribution in [3.05, 3.63) is 105 Å². The lowest BCUT2D eigenvalue weighted by atomic mass is 10.1. The van der Waals surface area contributed by atoms with Gasteiger partial charge in [-0.3, -0.25) is 4.90 Å². The minimum Gasteiger partial charge on any atom is -0.478 e. The van der Waals surface area contributed by atoms with Crippen LogP contribution in [-0.2, 0) is 11.3 Å². The predicted octanol–water partition coefficient (Wildman–Crippen LogP) is 3.81. The molecular weight excluding hydrogens is 509 g/mol. The third-order valence-electron chi connectivity index (χ3n) is 5.85. The summed E-state index contributed by atoms with van der Waals surface area (Å²) >= 11 is 0. The number of amides is 1. The summed E-state index contributed by atoms with van der Waals surface area (Å²) in [6.45, 7) is 5.14. The lowest BCUT2D eigenvalue weighted by Crippen LogP contribution is -2.44. The maximum atomic E-state index is 14.5. The third kappa shape index (κ3) is 5.44. The summed E-state index contributed by atoms with van der Waals surface area (Å²) in [5.74, 6) is -3.12. The first-order valence-electron chi connectivity index (χ1n) is 11.8. The van der Waals surface area contributed by atoms with E-state index in [9.17, 15) is 28.7 Å². The Hall–Kier alpha value is -5.13. The quantitative estimate of drug-likeness (QED) is 0.280. The molecule has 0 bridgehead atoms. The summed E-state index contributed by atoms with van der Waals surface area (Å²) in [7, 11) is 0. The molecule has 1 aromatic heterocycles. The van der Waals surface area contributed by atoms with Crippen LogP contribution in [0.3, 0.4) is 0 Å². The smallest absolute Gasteiger partial charge is 0.377 e. The first-order chi connectivity index (χ1) is 18.6. The van der Waals surface area contributed by atoms with Gasteiger partial charge in [0.15, 0.2) is 0 Å². The Kier molecular flexibility index (Phi) is 7.65. The zero-order valence-corrected chi connectivity index (χ0v) is 21.2. The van der Waals surface area contributed by atoms with Crippen molar-refractivity contribution in [2.75, 3.05) is 4.90 Å². The molecule has 0 aliphatic rings. The first kappa shape index (κ1) is 26.9. The molecule has 1 N–H and O–H groups in total. The number of benzene rings is 3. The van der Waals surface area contributed by atoms with Gasteiger partial charge in [0, 0.05) is 11.7 Å². The van der Waals surface area contributed by atoms with Gasteiger partial charge in [-0.05, 0) is 66.6 Å². The monoisotopic (exact) mass is 533 g/mol. The Bertz CT molecular complexity index is 1610. The van der Waals surface area contributed by atoms with E-state index in [1.807, 2.05) is 30.3 Å². The number of aryl methyl sites for hydroxylation is 1. The second-order valence-corrected chi connectivity index (χ2v) is 8.83. The van der Waals surface area contributed by atoms with Gasteiger partial charge >= 0.3 is 23.7 Å². The van der Waals surface area contributed by atoms with Gasteiger partial charge in [0.25, 0.3) is 0 Å². The summed E-state index contributed by atoms with van der Waals surface area (Å²) in [4.78, 5) is 52.2. The van der Waals surface area contributed by atoms with Crippen LogP contribution in [0.1, 0.15) is 45.7 Å². The molecule has 1 amide bonds. The summed E-state index contributed by atoms with van der Waals surface area (Å²) in [6.07, 6.45) is 0. The van der Waals surface area contributed by atoms with Crippen LogP contribution in [0.4, 0.5) is 14.9 Å². The van der Waals surface area contributed by atoms with Crippen LogP contribution < -0.4 is 10.6 Å². The van der Waals surface area contributed by atoms with E-state index in [2.05, 4.69) is 10.4 Å². The Morgan fingerprint density at radius 1 is 1.00 bits per heavy atom. The highest BCUT2D eigenvalue weighted by molar-refractivity contribution is 5.97.